The molecule has 0 fully saturated rings. The Hall–Kier alpha value is -2.98. The maximum atomic E-state index is 13.6. The highest BCUT2D eigenvalue weighted by molar-refractivity contribution is 7.90. The summed E-state index contributed by atoms with van der Waals surface area (Å²) in [7, 11) is -1.40. The molecule has 0 saturated heterocycles. The van der Waals surface area contributed by atoms with Crippen molar-refractivity contribution in [3.63, 3.8) is 0 Å². The van der Waals surface area contributed by atoms with Crippen LogP contribution in [0.3, 0.4) is 0 Å². The number of nitrogens with one attached hydrogen (secondary N) is 1. The Kier molecular flexibility index (Phi) is 9.02. The Morgan fingerprint density at radius 1 is 1.06 bits per heavy atom. The van der Waals surface area contributed by atoms with E-state index in [9.17, 15) is 22.4 Å². The number of aryl methyl sites for hydroxylation is 1. The van der Waals surface area contributed by atoms with Crippen LogP contribution in [-0.2, 0) is 26.3 Å². The van der Waals surface area contributed by atoms with Crippen LogP contribution in [0.5, 0.6) is 0 Å². The maximum Gasteiger partial charge on any atom is 0.304 e. The van der Waals surface area contributed by atoms with E-state index < -0.39 is 40.1 Å². The first kappa shape index (κ1) is 28.3. The first-order valence-electron chi connectivity index (χ1n) is 11.2. The zero-order valence-electron chi connectivity index (χ0n) is 21.4. The second kappa shape index (κ2) is 11.2. The Balaban J connectivity index is 2.46. The standard InChI is InChI=1S/C25H35FN4O4S/c1-18-9-8-10-20(15-18)16-29(19(2)24(32)27-25(3,4)5)23(31)17-30(35(33,34)28(6)7)22-13-11-21(26)12-14-22/h8-15,19H,16-17H2,1-7H3,(H,27,32)/t19-/m1/s1. The highest BCUT2D eigenvalue weighted by Crippen LogP contribution is 2.21. The van der Waals surface area contributed by atoms with E-state index in [0.717, 1.165) is 31.9 Å². The van der Waals surface area contributed by atoms with Gasteiger partial charge in [0, 0.05) is 26.2 Å². The molecule has 10 heteroatoms. The molecule has 2 rings (SSSR count). The first-order valence-corrected chi connectivity index (χ1v) is 12.6. The van der Waals surface area contributed by atoms with Crippen LogP contribution in [0.2, 0.25) is 0 Å². The van der Waals surface area contributed by atoms with E-state index in [0.29, 0.717) is 0 Å². The van der Waals surface area contributed by atoms with Crippen LogP contribution in [0.25, 0.3) is 0 Å². The molecule has 0 saturated carbocycles. The lowest BCUT2D eigenvalue weighted by molar-refractivity contribution is -0.140. The third kappa shape index (κ3) is 7.76. The quantitative estimate of drug-likeness (QED) is 0.566. The fourth-order valence-corrected chi connectivity index (χ4v) is 4.44. The molecule has 2 amide bonds. The predicted molar refractivity (Wildman–Crippen MR) is 135 cm³/mol. The third-order valence-corrected chi connectivity index (χ3v) is 7.05. The fraction of sp³-hybridized carbons (Fsp3) is 0.440. The minimum absolute atomic E-state index is 0.110. The molecule has 0 radical (unpaired) electrons. The Morgan fingerprint density at radius 2 is 1.66 bits per heavy atom. The van der Waals surface area contributed by atoms with Crippen molar-refractivity contribution in [1.82, 2.24) is 14.5 Å². The van der Waals surface area contributed by atoms with Gasteiger partial charge in [-0.15, -0.1) is 0 Å². The Labute approximate surface area is 207 Å². The highest BCUT2D eigenvalue weighted by Gasteiger charge is 2.33. The molecular weight excluding hydrogens is 471 g/mol. The Morgan fingerprint density at radius 3 is 2.17 bits per heavy atom. The number of halogens is 1. The monoisotopic (exact) mass is 506 g/mol. The van der Waals surface area contributed by atoms with Gasteiger partial charge in [0.25, 0.3) is 0 Å². The zero-order chi connectivity index (χ0) is 26.6. The summed E-state index contributed by atoms with van der Waals surface area (Å²) in [4.78, 5) is 27.9. The second-order valence-electron chi connectivity index (χ2n) is 9.70. The van der Waals surface area contributed by atoms with Gasteiger partial charge in [-0.3, -0.25) is 9.59 Å². The molecule has 2 aromatic carbocycles. The molecule has 1 atom stereocenters. The van der Waals surface area contributed by atoms with Gasteiger partial charge in [-0.2, -0.15) is 12.7 Å². The molecule has 0 unspecified atom stereocenters. The Bertz CT molecular complexity index is 1140. The van der Waals surface area contributed by atoms with Crippen molar-refractivity contribution in [3.8, 4) is 0 Å². The van der Waals surface area contributed by atoms with Crippen molar-refractivity contribution >= 4 is 27.7 Å². The molecule has 0 spiro atoms. The lowest BCUT2D eigenvalue weighted by Crippen LogP contribution is -2.54. The van der Waals surface area contributed by atoms with Gasteiger partial charge in [-0.1, -0.05) is 29.8 Å². The normalized spacial score (nSPS) is 12.8. The minimum atomic E-state index is -4.09. The van der Waals surface area contributed by atoms with Crippen LogP contribution in [0, 0.1) is 12.7 Å². The summed E-state index contributed by atoms with van der Waals surface area (Å²) in [6.07, 6.45) is 0. The predicted octanol–water partition coefficient (Wildman–Crippen LogP) is 3.08. The summed E-state index contributed by atoms with van der Waals surface area (Å²) in [6.45, 7) is 8.59. The van der Waals surface area contributed by atoms with Gasteiger partial charge in [-0.05, 0) is 64.4 Å². The van der Waals surface area contributed by atoms with E-state index in [1.165, 1.54) is 31.1 Å². The van der Waals surface area contributed by atoms with E-state index in [1.807, 2.05) is 52.0 Å². The van der Waals surface area contributed by atoms with Crippen LogP contribution in [0.4, 0.5) is 10.1 Å². The van der Waals surface area contributed by atoms with Crippen molar-refractivity contribution in [2.75, 3.05) is 24.9 Å². The number of nitrogens with zero attached hydrogens (tertiary/aromatic N) is 3. The van der Waals surface area contributed by atoms with E-state index in [1.54, 1.807) is 6.92 Å². The molecular formula is C25H35FN4O4S. The minimum Gasteiger partial charge on any atom is -0.350 e. The summed E-state index contributed by atoms with van der Waals surface area (Å²) >= 11 is 0. The van der Waals surface area contributed by atoms with Gasteiger partial charge < -0.3 is 10.2 Å². The zero-order valence-corrected chi connectivity index (χ0v) is 22.2. The van der Waals surface area contributed by atoms with Gasteiger partial charge in [0.15, 0.2) is 0 Å². The highest BCUT2D eigenvalue weighted by atomic mass is 32.2. The van der Waals surface area contributed by atoms with E-state index in [2.05, 4.69) is 5.32 Å². The molecule has 0 aliphatic carbocycles. The van der Waals surface area contributed by atoms with Crippen molar-refractivity contribution in [2.45, 2.75) is 52.7 Å². The number of rotatable bonds is 9. The molecule has 0 aromatic heterocycles. The topological polar surface area (TPSA) is 90.0 Å². The smallest absolute Gasteiger partial charge is 0.304 e. The number of benzene rings is 2. The van der Waals surface area contributed by atoms with Crippen molar-refractivity contribution in [2.24, 2.45) is 0 Å². The van der Waals surface area contributed by atoms with E-state index >= 15 is 0 Å². The van der Waals surface area contributed by atoms with Gasteiger partial charge >= 0.3 is 10.2 Å². The van der Waals surface area contributed by atoms with Crippen LogP contribution >= 0.6 is 0 Å². The largest absolute Gasteiger partial charge is 0.350 e. The lowest BCUT2D eigenvalue weighted by Gasteiger charge is -2.34. The summed E-state index contributed by atoms with van der Waals surface area (Å²) < 4.78 is 41.5. The lowest BCUT2D eigenvalue weighted by atomic mass is 10.1. The number of anilines is 1. The van der Waals surface area contributed by atoms with Gasteiger partial charge in [0.05, 0.1) is 5.69 Å². The molecule has 35 heavy (non-hydrogen) atoms. The molecule has 0 aliphatic heterocycles. The number of hydrogen-bond acceptors (Lipinski definition) is 4. The summed E-state index contributed by atoms with van der Waals surface area (Å²) in [6, 6.07) is 11.5. The van der Waals surface area contributed by atoms with Gasteiger partial charge in [-0.25, -0.2) is 8.70 Å². The van der Waals surface area contributed by atoms with Crippen molar-refractivity contribution in [1.29, 1.82) is 0 Å². The molecule has 8 nitrogen and oxygen atoms in total. The average Bonchev–Trinajstić information content (AvgIpc) is 2.74. The number of carbonyl (C=O) groups excluding carboxylic acids is 2. The van der Waals surface area contributed by atoms with Gasteiger partial charge in [0.1, 0.15) is 18.4 Å². The molecule has 0 heterocycles. The molecule has 1 N–H and O–H groups in total. The number of amides is 2. The second-order valence-corrected chi connectivity index (χ2v) is 11.8. The third-order valence-electron chi connectivity index (χ3n) is 5.23. The van der Waals surface area contributed by atoms with Crippen molar-refractivity contribution in [3.05, 3.63) is 65.5 Å². The van der Waals surface area contributed by atoms with Crippen LogP contribution in [0.1, 0.15) is 38.8 Å². The number of hydrogen-bond donors (Lipinski definition) is 1. The van der Waals surface area contributed by atoms with Gasteiger partial charge in [0.2, 0.25) is 11.8 Å². The SMILES string of the molecule is Cc1cccc(CN(C(=O)CN(c2ccc(F)cc2)S(=O)(=O)N(C)C)[C@H](C)C(=O)NC(C)(C)C)c1. The van der Waals surface area contributed by atoms with Crippen molar-refractivity contribution < 1.29 is 22.4 Å². The molecule has 0 bridgehead atoms. The molecule has 2 aromatic rings. The van der Waals surface area contributed by atoms with E-state index in [4.69, 9.17) is 0 Å². The van der Waals surface area contributed by atoms with Crippen LogP contribution in [0.15, 0.2) is 48.5 Å². The summed E-state index contributed by atoms with van der Waals surface area (Å²) in [5.41, 5.74) is 1.41. The van der Waals surface area contributed by atoms with Crippen LogP contribution in [-0.4, -0.2) is 61.7 Å². The molecule has 0 aliphatic rings. The molecule has 192 valence electrons. The van der Waals surface area contributed by atoms with E-state index in [-0.39, 0.29) is 18.1 Å². The average molecular weight is 507 g/mol. The van der Waals surface area contributed by atoms with Crippen LogP contribution < -0.4 is 9.62 Å². The maximum absolute atomic E-state index is 13.6. The first-order chi connectivity index (χ1) is 16.1. The number of carbonyl (C=O) groups is 2. The summed E-state index contributed by atoms with van der Waals surface area (Å²) in [5.74, 6) is -1.46. The summed E-state index contributed by atoms with van der Waals surface area (Å²) in [5, 5.41) is 2.88. The fourth-order valence-electron chi connectivity index (χ4n) is 3.39.